The number of esters is 2. The molecule has 5 N–H and O–H groups in total. The number of hydrogen-bond donors (Lipinski definition) is 4. The smallest absolute Gasteiger partial charge is 0.408 e. The zero-order valence-electron chi connectivity index (χ0n) is 38.7. The number of alkyl carbamates (subject to hydrolysis) is 1. The third-order valence-corrected chi connectivity index (χ3v) is 9.75. The molecule has 16 heteroatoms. The molecule has 12 atom stereocenters. The molecule has 3 saturated heterocycles. The van der Waals surface area contributed by atoms with E-state index in [1.54, 1.807) is 27.7 Å². The number of amides is 1. The third-order valence-electron chi connectivity index (χ3n) is 9.75. The van der Waals surface area contributed by atoms with Gasteiger partial charge in [0.15, 0.2) is 18.2 Å². The zero-order valence-corrected chi connectivity index (χ0v) is 38.7. The lowest BCUT2D eigenvalue weighted by atomic mass is 9.81. The fourth-order valence-electron chi connectivity index (χ4n) is 6.75. The molecule has 0 radical (unpaired) electrons. The van der Waals surface area contributed by atoms with Crippen LogP contribution >= 0.6 is 0 Å². The molecule has 344 valence electrons. The fraction of sp³-hybridized carbons (Fsp3) is 0.881. The largest absolute Gasteiger partial charge is 0.468 e. The van der Waals surface area contributed by atoms with Crippen LogP contribution in [0, 0.1) is 23.7 Å². The van der Waals surface area contributed by atoms with Crippen molar-refractivity contribution < 1.29 is 62.6 Å². The Balaban J connectivity index is -0.000000830. The van der Waals surface area contributed by atoms with Crippen molar-refractivity contribution in [2.24, 2.45) is 29.4 Å². The third kappa shape index (κ3) is 23.0. The topological polar surface area (TPSA) is 222 Å². The standard InChI is InChI=1S/C20H33NO7.C9H16O4.C8H17NO2.2C2H6.CH5N/c1-6-8-13(2)16(23)15(4)17-20(5,28-19(25)21-17)11-27-18(24)14(3)9-7-10-26-12-22;1-5-4-8(11)12-6(2)9(5)13-7(3)10;1-6-4-7(9(2)3)5-8(10)11-6;3*1-2/h12-15,17H,6-11H2,1-5H3,(H,21,25);5-6,8-9,11H,4H2,1-3H3;6-8,10H,4-5H2,1-3H3;2*1-2H3;2H2,1H3/t13-,14?,15?,17?,20-;5?,6?,8-,9-;;;;/m11..../s1. The van der Waals surface area contributed by atoms with Crippen LogP contribution in [0.25, 0.3) is 0 Å². The van der Waals surface area contributed by atoms with Gasteiger partial charge in [-0.1, -0.05) is 68.7 Å². The number of nitrogens with zero attached hydrogens (tertiary/aromatic N) is 1. The van der Waals surface area contributed by atoms with E-state index < -0.39 is 42.2 Å². The summed E-state index contributed by atoms with van der Waals surface area (Å²) in [5.41, 5.74) is 3.38. The maximum atomic E-state index is 12.7. The van der Waals surface area contributed by atoms with E-state index in [1.165, 1.54) is 14.0 Å². The summed E-state index contributed by atoms with van der Waals surface area (Å²) >= 11 is 0. The molecule has 3 fully saturated rings. The van der Waals surface area contributed by atoms with Crippen molar-refractivity contribution >= 4 is 30.3 Å². The minimum atomic E-state index is -1.12. The summed E-state index contributed by atoms with van der Waals surface area (Å²) in [7, 11) is 5.57. The number of hydrogen-bond acceptors (Lipinski definition) is 15. The van der Waals surface area contributed by atoms with E-state index in [2.05, 4.69) is 20.7 Å². The van der Waals surface area contributed by atoms with Crippen LogP contribution in [0.15, 0.2) is 0 Å². The minimum Gasteiger partial charge on any atom is -0.468 e. The normalized spacial score (nSPS) is 28.6. The van der Waals surface area contributed by atoms with Crippen molar-refractivity contribution in [3.8, 4) is 0 Å². The average Bonchev–Trinajstić information content (AvgIpc) is 3.49. The maximum Gasteiger partial charge on any atom is 0.408 e. The monoisotopic (exact) mass is 838 g/mol. The number of rotatable bonds is 15. The first-order valence-corrected chi connectivity index (χ1v) is 21.1. The molecule has 16 nitrogen and oxygen atoms in total. The summed E-state index contributed by atoms with van der Waals surface area (Å²) in [6.07, 6.45) is 2.81. The van der Waals surface area contributed by atoms with Crippen molar-refractivity contribution in [3.63, 3.8) is 0 Å². The first kappa shape index (κ1) is 59.4. The number of cyclic esters (lactones) is 1. The first-order valence-electron chi connectivity index (χ1n) is 21.1. The van der Waals surface area contributed by atoms with Crippen LogP contribution in [0.4, 0.5) is 4.79 Å². The predicted octanol–water partition coefficient (Wildman–Crippen LogP) is 5.37. The van der Waals surface area contributed by atoms with Crippen LogP contribution in [0.5, 0.6) is 0 Å². The highest BCUT2D eigenvalue weighted by Crippen LogP contribution is 2.31. The van der Waals surface area contributed by atoms with Crippen molar-refractivity contribution in [1.29, 1.82) is 0 Å². The molecule has 0 aromatic heterocycles. The molecule has 0 saturated carbocycles. The Kier molecular flexibility index (Phi) is 33.7. The second-order valence-corrected chi connectivity index (χ2v) is 14.9. The summed E-state index contributed by atoms with van der Waals surface area (Å²) in [6.45, 7) is 24.7. The lowest BCUT2D eigenvalue weighted by molar-refractivity contribution is -0.220. The Labute approximate surface area is 349 Å². The molecule has 3 aliphatic rings. The number of nitrogens with one attached hydrogen (secondary N) is 1. The van der Waals surface area contributed by atoms with Gasteiger partial charge in [-0.3, -0.25) is 19.2 Å². The number of carbonyl (C=O) groups is 5. The Morgan fingerprint density at radius 2 is 1.53 bits per heavy atom. The summed E-state index contributed by atoms with van der Waals surface area (Å²) in [6, 6.07) is -0.107. The van der Waals surface area contributed by atoms with Gasteiger partial charge in [-0.25, -0.2) is 4.79 Å². The Hall–Kier alpha value is -2.89. The van der Waals surface area contributed by atoms with Gasteiger partial charge in [-0.2, -0.15) is 0 Å². The van der Waals surface area contributed by atoms with Gasteiger partial charge in [0.1, 0.15) is 18.5 Å². The van der Waals surface area contributed by atoms with Gasteiger partial charge in [-0.05, 0) is 67.6 Å². The molecule has 3 aliphatic heterocycles. The molecule has 0 bridgehead atoms. The number of Topliss-reactive ketones (excluding diaryl/α,β-unsaturated/α-hetero) is 1. The SMILES string of the molecule is CC.CC.CC(=O)O[C@@H]1C(C)C[C@H](O)OC1C.CC1CC(N(C)C)CC(O)O1.CCC[C@@H](C)C(=O)C(C)C1NC(=O)O[C@]1(C)COC(=O)C(C)CCCOC=O.CN. The van der Waals surface area contributed by atoms with Crippen LogP contribution in [0.1, 0.15) is 135 Å². The highest BCUT2D eigenvalue weighted by atomic mass is 16.6. The lowest BCUT2D eigenvalue weighted by Gasteiger charge is -2.36. The number of aliphatic hydroxyl groups excluding tert-OH is 2. The van der Waals surface area contributed by atoms with E-state index in [1.807, 2.05) is 69.5 Å². The van der Waals surface area contributed by atoms with Gasteiger partial charge in [0, 0.05) is 43.6 Å². The molecule has 3 heterocycles. The van der Waals surface area contributed by atoms with Crippen LogP contribution in [0.3, 0.4) is 0 Å². The van der Waals surface area contributed by atoms with Crippen molar-refractivity contribution in [3.05, 3.63) is 0 Å². The van der Waals surface area contributed by atoms with E-state index in [0.717, 1.165) is 25.7 Å². The van der Waals surface area contributed by atoms with E-state index in [4.69, 9.17) is 23.7 Å². The van der Waals surface area contributed by atoms with E-state index >= 15 is 0 Å². The van der Waals surface area contributed by atoms with E-state index in [9.17, 15) is 34.2 Å². The number of aliphatic hydroxyl groups is 2. The minimum absolute atomic E-state index is 0.0544. The average molecular weight is 838 g/mol. The quantitative estimate of drug-likeness (QED) is 0.0705. The van der Waals surface area contributed by atoms with Crippen LogP contribution in [-0.2, 0) is 47.6 Å². The highest BCUT2D eigenvalue weighted by Gasteiger charge is 2.51. The summed E-state index contributed by atoms with van der Waals surface area (Å²) < 4.78 is 30.8. The van der Waals surface area contributed by atoms with Crippen LogP contribution in [0.2, 0.25) is 0 Å². The fourth-order valence-corrected chi connectivity index (χ4v) is 6.75. The van der Waals surface area contributed by atoms with E-state index in [0.29, 0.717) is 31.8 Å². The summed E-state index contributed by atoms with van der Waals surface area (Å²) in [4.78, 5) is 59.8. The maximum absolute atomic E-state index is 12.7. The van der Waals surface area contributed by atoms with Crippen molar-refractivity contribution in [2.75, 3.05) is 34.4 Å². The van der Waals surface area contributed by atoms with E-state index in [-0.39, 0.29) is 61.0 Å². The molecule has 0 aromatic carbocycles. The molecule has 3 rings (SSSR count). The summed E-state index contributed by atoms with van der Waals surface area (Å²) in [5.74, 6) is -1.49. The summed E-state index contributed by atoms with van der Waals surface area (Å²) in [5, 5.41) is 21.2. The molecular weight excluding hydrogens is 754 g/mol. The Bertz CT molecular complexity index is 1110. The first-order chi connectivity index (χ1) is 27.3. The lowest BCUT2D eigenvalue weighted by Crippen LogP contribution is -2.52. The van der Waals surface area contributed by atoms with Gasteiger partial charge >= 0.3 is 18.0 Å². The number of ether oxygens (including phenoxy) is 6. The van der Waals surface area contributed by atoms with Crippen molar-refractivity contribution in [2.45, 2.75) is 184 Å². The van der Waals surface area contributed by atoms with Gasteiger partial charge in [0.05, 0.1) is 30.8 Å². The van der Waals surface area contributed by atoms with Gasteiger partial charge in [0.25, 0.3) is 6.47 Å². The Morgan fingerprint density at radius 1 is 0.966 bits per heavy atom. The van der Waals surface area contributed by atoms with Gasteiger partial charge in [0.2, 0.25) is 0 Å². The molecule has 0 spiro atoms. The Morgan fingerprint density at radius 3 is 2.02 bits per heavy atom. The highest BCUT2D eigenvalue weighted by molar-refractivity contribution is 5.85. The van der Waals surface area contributed by atoms with Crippen LogP contribution < -0.4 is 11.1 Å². The molecule has 8 unspecified atom stereocenters. The molecule has 58 heavy (non-hydrogen) atoms. The van der Waals surface area contributed by atoms with Gasteiger partial charge < -0.3 is 54.6 Å². The number of nitrogens with two attached hydrogens (primary N) is 1. The number of ketones is 1. The second-order valence-electron chi connectivity index (χ2n) is 14.9. The van der Waals surface area contributed by atoms with Gasteiger partial charge in [-0.15, -0.1) is 0 Å². The molecule has 0 aliphatic carbocycles. The zero-order chi connectivity index (χ0) is 45.8. The predicted molar refractivity (Wildman–Crippen MR) is 223 cm³/mol. The van der Waals surface area contributed by atoms with Crippen LogP contribution in [-0.4, -0.2) is 128 Å². The number of carbonyl (C=O) groups excluding carboxylic acids is 5. The second kappa shape index (κ2) is 32.9. The molecule has 0 aromatic rings. The molecule has 1 amide bonds. The van der Waals surface area contributed by atoms with Crippen molar-refractivity contribution in [1.82, 2.24) is 10.2 Å². The molecular formula is C42H83N3O13.